The van der Waals surface area contributed by atoms with Gasteiger partial charge in [0.05, 0.1) is 35.9 Å². The molecule has 3 aromatic rings. The molecule has 160 valence electrons. The Balaban J connectivity index is 1.83. The molecule has 4 rings (SSSR count). The molecule has 7 nitrogen and oxygen atoms in total. The summed E-state index contributed by atoms with van der Waals surface area (Å²) >= 11 is 0. The summed E-state index contributed by atoms with van der Waals surface area (Å²) in [5.74, 6) is 0.599. The molecule has 1 aliphatic rings. The Morgan fingerprint density at radius 2 is 1.97 bits per heavy atom. The van der Waals surface area contributed by atoms with E-state index >= 15 is 0 Å². The van der Waals surface area contributed by atoms with Crippen molar-refractivity contribution < 1.29 is 9.84 Å². The number of aliphatic hydroxyl groups excluding tert-OH is 1. The number of nitrogens with zero attached hydrogens (tertiary/aromatic N) is 2. The van der Waals surface area contributed by atoms with E-state index in [0.717, 1.165) is 46.6 Å². The number of nitrogens with one attached hydrogen (secondary N) is 2. The normalized spacial score (nSPS) is 18.2. The van der Waals surface area contributed by atoms with Crippen molar-refractivity contribution in [1.82, 2.24) is 9.97 Å². The van der Waals surface area contributed by atoms with Gasteiger partial charge in [0.25, 0.3) is 0 Å². The summed E-state index contributed by atoms with van der Waals surface area (Å²) in [6, 6.07) is 15.3. The van der Waals surface area contributed by atoms with Crippen molar-refractivity contribution in [3.05, 3.63) is 71.0 Å². The number of rotatable bonds is 7. The van der Waals surface area contributed by atoms with Crippen molar-refractivity contribution in [3.8, 4) is 11.3 Å². The molecule has 31 heavy (non-hydrogen) atoms. The quantitative estimate of drug-likeness (QED) is 0.431. The molecule has 0 saturated carbocycles. The lowest BCUT2D eigenvalue weighted by Crippen LogP contribution is -2.08. The third-order valence-electron chi connectivity index (χ3n) is 5.48. The van der Waals surface area contributed by atoms with Crippen LogP contribution in [0.5, 0.6) is 0 Å². The Hall–Kier alpha value is -3.13. The summed E-state index contributed by atoms with van der Waals surface area (Å²) < 4.78 is 6.15. The van der Waals surface area contributed by atoms with Crippen LogP contribution in [0.25, 0.3) is 11.3 Å². The minimum absolute atomic E-state index is 0.0819. The third-order valence-corrected chi connectivity index (χ3v) is 5.48. The fourth-order valence-corrected chi connectivity index (χ4v) is 3.92. The van der Waals surface area contributed by atoms with Crippen LogP contribution in [-0.4, -0.2) is 27.4 Å². The Morgan fingerprint density at radius 3 is 2.68 bits per heavy atom. The van der Waals surface area contributed by atoms with E-state index in [0.29, 0.717) is 18.1 Å². The molecule has 7 heteroatoms. The second-order valence-electron chi connectivity index (χ2n) is 7.70. The van der Waals surface area contributed by atoms with Gasteiger partial charge in [-0.15, -0.1) is 0 Å². The minimum atomic E-state index is -0.137. The van der Waals surface area contributed by atoms with Crippen molar-refractivity contribution in [2.24, 2.45) is 5.73 Å². The molecule has 0 radical (unpaired) electrons. The van der Waals surface area contributed by atoms with Crippen molar-refractivity contribution in [2.45, 2.75) is 45.1 Å². The molecule has 0 bridgehead atoms. The predicted molar refractivity (Wildman–Crippen MR) is 121 cm³/mol. The van der Waals surface area contributed by atoms with Gasteiger partial charge in [0.2, 0.25) is 0 Å². The zero-order valence-electron chi connectivity index (χ0n) is 17.5. The Bertz CT molecular complexity index is 1090. The van der Waals surface area contributed by atoms with Crippen LogP contribution in [0.2, 0.25) is 0 Å². The molecule has 1 saturated heterocycles. The van der Waals surface area contributed by atoms with Crippen LogP contribution < -0.4 is 11.1 Å². The van der Waals surface area contributed by atoms with Crippen LogP contribution in [0.4, 0.5) is 11.5 Å². The van der Waals surface area contributed by atoms with E-state index in [1.165, 1.54) is 6.21 Å². The summed E-state index contributed by atoms with van der Waals surface area (Å²) in [4.78, 5) is 9.11. The summed E-state index contributed by atoms with van der Waals surface area (Å²) in [5, 5.41) is 20.9. The van der Waals surface area contributed by atoms with Gasteiger partial charge in [0.15, 0.2) is 0 Å². The fraction of sp³-hybridized carbons (Fsp3) is 0.292. The van der Waals surface area contributed by atoms with Crippen LogP contribution in [-0.2, 0) is 17.9 Å². The lowest BCUT2D eigenvalue weighted by atomic mass is 9.94. The first kappa shape index (κ1) is 21.1. The van der Waals surface area contributed by atoms with Gasteiger partial charge in [-0.05, 0) is 61.7 Å². The lowest BCUT2D eigenvalue weighted by molar-refractivity contribution is 0.0555. The fourth-order valence-electron chi connectivity index (χ4n) is 3.92. The summed E-state index contributed by atoms with van der Waals surface area (Å²) in [7, 11) is 0. The van der Waals surface area contributed by atoms with Crippen molar-refractivity contribution in [1.29, 1.82) is 5.41 Å². The second kappa shape index (κ2) is 9.34. The monoisotopic (exact) mass is 417 g/mol. The highest BCUT2D eigenvalue weighted by atomic mass is 16.5. The van der Waals surface area contributed by atoms with Gasteiger partial charge in [0.1, 0.15) is 5.82 Å². The van der Waals surface area contributed by atoms with Crippen molar-refractivity contribution in [3.63, 3.8) is 0 Å². The largest absolute Gasteiger partial charge is 0.390 e. The zero-order chi connectivity index (χ0) is 21.8. The maximum Gasteiger partial charge on any atom is 0.130 e. The number of pyridine rings is 2. The standard InChI is InChI=1S/C24H27N5O2/c1-15-8-9-23(31-15)19-10-16(21-6-2-4-17(12-25)27-21)11-22(20(19)13-26)29-24-7-3-5-18(14-30)28-24/h2-7,10-11,13,15,23,26,30H,8-9,12,14,25H2,1H3,(H,28,29). The molecule has 2 atom stereocenters. The van der Waals surface area contributed by atoms with Crippen LogP contribution >= 0.6 is 0 Å². The highest BCUT2D eigenvalue weighted by Crippen LogP contribution is 2.39. The number of hydrogen-bond donors (Lipinski definition) is 4. The lowest BCUT2D eigenvalue weighted by Gasteiger charge is -2.20. The Morgan fingerprint density at radius 1 is 1.16 bits per heavy atom. The highest BCUT2D eigenvalue weighted by molar-refractivity contribution is 5.91. The third kappa shape index (κ3) is 4.64. The predicted octanol–water partition coefficient (Wildman–Crippen LogP) is 4.08. The molecular formula is C24H27N5O2. The average molecular weight is 418 g/mol. The van der Waals surface area contributed by atoms with Crippen molar-refractivity contribution in [2.75, 3.05) is 5.32 Å². The SMILES string of the molecule is CC1CCC(c2cc(-c3cccc(CN)n3)cc(Nc3cccc(CO)n3)c2C=N)O1. The first-order valence-electron chi connectivity index (χ1n) is 10.5. The number of ether oxygens (including phenoxy) is 1. The number of benzene rings is 1. The minimum Gasteiger partial charge on any atom is -0.390 e. The van der Waals surface area contributed by atoms with Gasteiger partial charge in [-0.25, -0.2) is 4.98 Å². The molecule has 1 aromatic carbocycles. The number of nitrogens with two attached hydrogens (primary N) is 1. The molecule has 0 spiro atoms. The van der Waals surface area contributed by atoms with Gasteiger partial charge in [-0.3, -0.25) is 4.98 Å². The maximum atomic E-state index is 9.42. The topological polar surface area (TPSA) is 117 Å². The molecule has 0 amide bonds. The first-order chi connectivity index (χ1) is 15.1. The van der Waals surface area contributed by atoms with E-state index in [-0.39, 0.29) is 18.8 Å². The smallest absolute Gasteiger partial charge is 0.130 e. The molecule has 0 aliphatic carbocycles. The average Bonchev–Trinajstić information content (AvgIpc) is 3.24. The van der Waals surface area contributed by atoms with E-state index in [2.05, 4.69) is 28.3 Å². The van der Waals surface area contributed by atoms with Crippen molar-refractivity contribution >= 4 is 17.7 Å². The molecular weight excluding hydrogens is 390 g/mol. The molecule has 2 aromatic heterocycles. The Labute approximate surface area is 181 Å². The molecule has 3 heterocycles. The summed E-state index contributed by atoms with van der Waals surface area (Å²) in [6.45, 7) is 2.30. The van der Waals surface area contributed by atoms with E-state index in [9.17, 15) is 5.11 Å². The van der Waals surface area contributed by atoms with Gasteiger partial charge in [0, 0.05) is 29.6 Å². The van der Waals surface area contributed by atoms with Crippen LogP contribution in [0.1, 0.15) is 48.4 Å². The molecule has 5 N–H and O–H groups in total. The van der Waals surface area contributed by atoms with E-state index in [1.807, 2.05) is 36.4 Å². The number of anilines is 2. The van der Waals surface area contributed by atoms with Crippen LogP contribution in [0.3, 0.4) is 0 Å². The van der Waals surface area contributed by atoms with E-state index in [4.69, 9.17) is 15.9 Å². The van der Waals surface area contributed by atoms with Crippen LogP contribution in [0.15, 0.2) is 48.5 Å². The van der Waals surface area contributed by atoms with Gasteiger partial charge in [-0.1, -0.05) is 12.1 Å². The summed E-state index contributed by atoms with van der Waals surface area (Å²) in [6.07, 6.45) is 3.34. The summed E-state index contributed by atoms with van der Waals surface area (Å²) in [5.41, 5.74) is 11.4. The van der Waals surface area contributed by atoms with E-state index < -0.39 is 0 Å². The molecule has 1 aliphatic heterocycles. The first-order valence-corrected chi connectivity index (χ1v) is 10.5. The Kier molecular flexibility index (Phi) is 6.36. The van der Waals surface area contributed by atoms with Gasteiger partial charge < -0.3 is 26.3 Å². The number of aliphatic hydroxyl groups is 1. The highest BCUT2D eigenvalue weighted by Gasteiger charge is 2.27. The number of aromatic nitrogens is 2. The molecule has 2 unspecified atom stereocenters. The van der Waals surface area contributed by atoms with Gasteiger partial charge in [-0.2, -0.15) is 0 Å². The number of hydrogen-bond acceptors (Lipinski definition) is 7. The molecule has 1 fully saturated rings. The second-order valence-corrected chi connectivity index (χ2v) is 7.70. The van der Waals surface area contributed by atoms with Crippen LogP contribution in [0, 0.1) is 5.41 Å². The zero-order valence-corrected chi connectivity index (χ0v) is 17.5. The maximum absolute atomic E-state index is 9.42. The van der Waals surface area contributed by atoms with Gasteiger partial charge >= 0.3 is 0 Å². The van der Waals surface area contributed by atoms with E-state index in [1.54, 1.807) is 6.07 Å².